The van der Waals surface area contributed by atoms with Crippen LogP contribution in [0.25, 0.3) is 0 Å². The van der Waals surface area contributed by atoms with Gasteiger partial charge in [-0.1, -0.05) is 29.3 Å². The third kappa shape index (κ3) is 4.09. The monoisotopic (exact) mass is 428 g/mol. The number of aliphatic hydroxyl groups is 1. The predicted molar refractivity (Wildman–Crippen MR) is 107 cm³/mol. The van der Waals surface area contributed by atoms with Gasteiger partial charge in [-0.15, -0.1) is 0 Å². The molecule has 152 valence electrons. The number of aryl methyl sites for hydroxylation is 1. The van der Waals surface area contributed by atoms with Gasteiger partial charge in [0.2, 0.25) is 0 Å². The number of hydrogen-bond donors (Lipinski definition) is 2. The van der Waals surface area contributed by atoms with Crippen LogP contribution in [-0.4, -0.2) is 31.7 Å². The first-order valence-electron chi connectivity index (χ1n) is 8.59. The van der Waals surface area contributed by atoms with Crippen molar-refractivity contribution in [2.24, 2.45) is 0 Å². The van der Waals surface area contributed by atoms with Crippen LogP contribution in [0.2, 0.25) is 10.2 Å². The number of carboxylic acid groups (broad SMARTS) is 1. The van der Waals surface area contributed by atoms with Crippen LogP contribution in [0.5, 0.6) is 0 Å². The van der Waals surface area contributed by atoms with Gasteiger partial charge in [-0.25, -0.2) is 14.2 Å². The summed E-state index contributed by atoms with van der Waals surface area (Å²) >= 11 is 11.7. The number of rotatable bonds is 4. The summed E-state index contributed by atoms with van der Waals surface area (Å²) in [5.74, 6) is -0.699. The number of benzene rings is 1. The summed E-state index contributed by atoms with van der Waals surface area (Å²) in [6.07, 6.45) is -1.23. The second-order valence-electron chi connectivity index (χ2n) is 7.83. The standard InChI is InChI=1S/C20H23Cl2FN2O3/c1-11-8-14(21)15(23)9-13(11)17(26)20(5,12-6-7-16(22)24-10-12)25(18(27)28)19(2,3)4/h6-10,17,26H,1-5H3,(H,27,28). The van der Waals surface area contributed by atoms with E-state index in [1.54, 1.807) is 40.7 Å². The lowest BCUT2D eigenvalue weighted by atomic mass is 9.78. The number of nitrogens with zero attached hydrogens (tertiary/aromatic N) is 2. The average Bonchev–Trinajstić information content (AvgIpc) is 2.56. The van der Waals surface area contributed by atoms with E-state index < -0.39 is 29.1 Å². The van der Waals surface area contributed by atoms with Crippen molar-refractivity contribution < 1.29 is 19.4 Å². The first-order valence-corrected chi connectivity index (χ1v) is 9.34. The van der Waals surface area contributed by atoms with E-state index in [0.717, 1.165) is 11.0 Å². The fraction of sp³-hybridized carbons (Fsp3) is 0.400. The minimum Gasteiger partial charge on any atom is -0.465 e. The molecule has 5 nitrogen and oxygen atoms in total. The van der Waals surface area contributed by atoms with Crippen LogP contribution in [-0.2, 0) is 5.54 Å². The number of aromatic nitrogens is 1. The van der Waals surface area contributed by atoms with Crippen molar-refractivity contribution in [3.05, 3.63) is 63.1 Å². The Morgan fingerprint density at radius 1 is 1.21 bits per heavy atom. The highest BCUT2D eigenvalue weighted by Crippen LogP contribution is 2.45. The molecule has 28 heavy (non-hydrogen) atoms. The molecule has 1 aromatic carbocycles. The number of hydrogen-bond acceptors (Lipinski definition) is 3. The quantitative estimate of drug-likeness (QED) is 0.624. The molecule has 2 N–H and O–H groups in total. The molecule has 8 heteroatoms. The molecule has 0 bridgehead atoms. The van der Waals surface area contributed by atoms with Crippen molar-refractivity contribution in [3.63, 3.8) is 0 Å². The Hall–Kier alpha value is -1.89. The van der Waals surface area contributed by atoms with Gasteiger partial charge in [0.05, 0.1) is 5.02 Å². The maximum atomic E-state index is 14.2. The van der Waals surface area contributed by atoms with Crippen LogP contribution in [0.15, 0.2) is 30.5 Å². The number of carbonyl (C=O) groups is 1. The molecule has 0 aliphatic carbocycles. The van der Waals surface area contributed by atoms with Crippen molar-refractivity contribution in [1.82, 2.24) is 9.88 Å². The van der Waals surface area contributed by atoms with Crippen LogP contribution < -0.4 is 0 Å². The van der Waals surface area contributed by atoms with Gasteiger partial charge in [0.25, 0.3) is 0 Å². The molecule has 2 unspecified atom stereocenters. The Kier molecular flexibility index (Phi) is 6.28. The highest BCUT2D eigenvalue weighted by molar-refractivity contribution is 6.30. The fourth-order valence-corrected chi connectivity index (χ4v) is 3.86. The molecule has 1 aromatic heterocycles. The van der Waals surface area contributed by atoms with Gasteiger partial charge in [-0.05, 0) is 69.5 Å². The van der Waals surface area contributed by atoms with Gasteiger partial charge in [0.1, 0.15) is 22.6 Å². The molecule has 0 aliphatic rings. The summed E-state index contributed by atoms with van der Waals surface area (Å²) in [5, 5.41) is 21.5. The number of aliphatic hydroxyl groups excluding tert-OH is 1. The zero-order valence-corrected chi connectivity index (χ0v) is 17.8. The molecule has 0 aliphatic heterocycles. The van der Waals surface area contributed by atoms with E-state index in [2.05, 4.69) is 4.98 Å². The molecule has 1 amide bonds. The summed E-state index contributed by atoms with van der Waals surface area (Å²) in [4.78, 5) is 17.4. The van der Waals surface area contributed by atoms with E-state index in [9.17, 15) is 19.4 Å². The molecule has 0 radical (unpaired) electrons. The Bertz CT molecular complexity index is 884. The van der Waals surface area contributed by atoms with Gasteiger partial charge in [-0.2, -0.15) is 0 Å². The third-order valence-corrected chi connectivity index (χ3v) is 5.29. The van der Waals surface area contributed by atoms with Crippen molar-refractivity contribution >= 4 is 29.3 Å². The van der Waals surface area contributed by atoms with Gasteiger partial charge >= 0.3 is 6.09 Å². The Balaban J connectivity index is 2.79. The summed E-state index contributed by atoms with van der Waals surface area (Å²) in [6.45, 7) is 8.39. The van der Waals surface area contributed by atoms with Crippen molar-refractivity contribution in [1.29, 1.82) is 0 Å². The Morgan fingerprint density at radius 2 is 1.82 bits per heavy atom. The SMILES string of the molecule is Cc1cc(Cl)c(F)cc1C(O)C(C)(c1ccc(Cl)nc1)N(C(=O)O)C(C)(C)C. The van der Waals surface area contributed by atoms with E-state index in [4.69, 9.17) is 23.2 Å². The molecular formula is C20H23Cl2FN2O3. The minimum atomic E-state index is -1.49. The second kappa shape index (κ2) is 7.85. The largest absolute Gasteiger partial charge is 0.465 e. The first kappa shape index (κ1) is 22.4. The summed E-state index contributed by atoms with van der Waals surface area (Å²) < 4.78 is 14.2. The first-order chi connectivity index (χ1) is 12.8. The van der Waals surface area contributed by atoms with E-state index >= 15 is 0 Å². The Labute approximate surface area is 173 Å². The molecule has 2 aromatic rings. The van der Waals surface area contributed by atoms with Crippen molar-refractivity contribution in [2.75, 3.05) is 0 Å². The van der Waals surface area contributed by atoms with Gasteiger partial charge in [0.15, 0.2) is 0 Å². The van der Waals surface area contributed by atoms with E-state index in [1.165, 1.54) is 18.3 Å². The normalized spacial score (nSPS) is 15.0. The van der Waals surface area contributed by atoms with E-state index in [-0.39, 0.29) is 15.7 Å². The van der Waals surface area contributed by atoms with Crippen molar-refractivity contribution in [2.45, 2.75) is 51.8 Å². The molecule has 2 atom stereocenters. The zero-order chi connectivity index (χ0) is 21.4. The maximum Gasteiger partial charge on any atom is 0.408 e. The Morgan fingerprint density at radius 3 is 2.29 bits per heavy atom. The molecule has 0 fully saturated rings. The maximum absolute atomic E-state index is 14.2. The summed E-state index contributed by atoms with van der Waals surface area (Å²) in [5.41, 5.74) is -1.20. The van der Waals surface area contributed by atoms with Crippen LogP contribution in [0.3, 0.4) is 0 Å². The summed E-state index contributed by atoms with van der Waals surface area (Å²) in [7, 11) is 0. The minimum absolute atomic E-state index is 0.0748. The number of halogens is 3. The molecule has 0 saturated heterocycles. The van der Waals surface area contributed by atoms with Gasteiger partial charge < -0.3 is 10.2 Å². The lowest BCUT2D eigenvalue weighted by Crippen LogP contribution is -2.59. The third-order valence-electron chi connectivity index (χ3n) is 4.77. The molecule has 1 heterocycles. The molecule has 0 saturated carbocycles. The average molecular weight is 429 g/mol. The topological polar surface area (TPSA) is 73.7 Å². The van der Waals surface area contributed by atoms with Gasteiger partial charge in [-0.3, -0.25) is 4.90 Å². The van der Waals surface area contributed by atoms with Gasteiger partial charge in [0, 0.05) is 11.7 Å². The molecule has 0 spiro atoms. The lowest BCUT2D eigenvalue weighted by Gasteiger charge is -2.49. The van der Waals surface area contributed by atoms with Crippen molar-refractivity contribution in [3.8, 4) is 0 Å². The smallest absolute Gasteiger partial charge is 0.408 e. The summed E-state index contributed by atoms with van der Waals surface area (Å²) in [6, 6.07) is 5.65. The van der Waals surface area contributed by atoms with Crippen LogP contribution in [0.4, 0.5) is 9.18 Å². The fourth-order valence-electron chi connectivity index (χ4n) is 3.53. The zero-order valence-electron chi connectivity index (χ0n) is 16.3. The predicted octanol–water partition coefficient (Wildman–Crippen LogP) is 5.56. The number of amides is 1. The highest BCUT2D eigenvalue weighted by Gasteiger charge is 2.49. The van der Waals surface area contributed by atoms with E-state index in [0.29, 0.717) is 11.1 Å². The van der Waals surface area contributed by atoms with Crippen LogP contribution in [0, 0.1) is 12.7 Å². The van der Waals surface area contributed by atoms with E-state index in [1.807, 2.05) is 0 Å². The second-order valence-corrected chi connectivity index (χ2v) is 8.63. The molecular weight excluding hydrogens is 406 g/mol. The molecule has 2 rings (SSSR count). The van der Waals surface area contributed by atoms with Crippen LogP contribution in [0.1, 0.15) is 50.5 Å². The highest BCUT2D eigenvalue weighted by atomic mass is 35.5. The number of pyridine rings is 1. The lowest BCUT2D eigenvalue weighted by molar-refractivity contribution is -0.0569. The van der Waals surface area contributed by atoms with Crippen LogP contribution >= 0.6 is 23.2 Å².